The van der Waals surface area contributed by atoms with Crippen LogP contribution in [0, 0.1) is 13.7 Å². The lowest BCUT2D eigenvalue weighted by atomic mass is 9.77. The first-order valence-corrected chi connectivity index (χ1v) is 12.1. The summed E-state index contributed by atoms with van der Waals surface area (Å²) in [5, 5.41) is 10.9. The molecule has 1 aliphatic heterocycles. The number of carbonyl (C=O) groups is 2. The number of hydrogen-bond acceptors (Lipinski definition) is 9. The first-order valence-electron chi connectivity index (χ1n) is 11.0. The zero-order valence-electron chi connectivity index (χ0n) is 19.5. The summed E-state index contributed by atoms with van der Waals surface area (Å²) in [6, 6.07) is 9.55. The van der Waals surface area contributed by atoms with Gasteiger partial charge in [-0.25, -0.2) is 4.79 Å². The van der Waals surface area contributed by atoms with Crippen LogP contribution >= 0.6 is 22.6 Å². The van der Waals surface area contributed by atoms with E-state index in [1.807, 2.05) is 0 Å². The molecule has 0 radical (unpaired) electrons. The van der Waals surface area contributed by atoms with Crippen LogP contribution in [0.3, 0.4) is 0 Å². The summed E-state index contributed by atoms with van der Waals surface area (Å²) in [6.45, 7) is 0.148. The lowest BCUT2D eigenvalue weighted by molar-refractivity contribution is -0.384. The van der Waals surface area contributed by atoms with Gasteiger partial charge in [-0.1, -0.05) is 0 Å². The summed E-state index contributed by atoms with van der Waals surface area (Å²) in [5.74, 6) is -0.356. The molecule has 0 amide bonds. The number of non-ortho nitro benzene ring substituents is 1. The number of carbonyl (C=O) groups excluding carboxylic acids is 2. The molecule has 11 heteroatoms. The highest BCUT2D eigenvalue weighted by Gasteiger charge is 2.41. The summed E-state index contributed by atoms with van der Waals surface area (Å²) in [6.07, 6.45) is 1.52. The number of rotatable bonds is 7. The third-order valence-corrected chi connectivity index (χ3v) is 6.81. The molecule has 1 heterocycles. The maximum Gasteiger partial charge on any atom is 0.340 e. The Hall–Kier alpha value is -3.61. The maximum atomic E-state index is 13.0. The van der Waals surface area contributed by atoms with Crippen molar-refractivity contribution in [2.24, 2.45) is 5.73 Å². The molecule has 0 bridgehead atoms. The normalized spacial score (nSPS) is 17.3. The van der Waals surface area contributed by atoms with Gasteiger partial charge in [-0.2, -0.15) is 0 Å². The third-order valence-electron chi connectivity index (χ3n) is 6.01. The molecule has 36 heavy (non-hydrogen) atoms. The van der Waals surface area contributed by atoms with Crippen LogP contribution in [-0.4, -0.2) is 30.9 Å². The SMILES string of the molecule is COC(=O)C1=C(N)OC2=C(C(=O)CCC2)[C@H]1c1cc(I)c(OCc2ccc([N+](=O)[O-])cc2)c(OC)c1. The molecule has 0 aromatic heterocycles. The summed E-state index contributed by atoms with van der Waals surface area (Å²) in [7, 11) is 2.73. The van der Waals surface area contributed by atoms with E-state index in [-0.39, 0.29) is 29.5 Å². The number of ketones is 1. The van der Waals surface area contributed by atoms with E-state index in [2.05, 4.69) is 22.6 Å². The number of nitro benzene ring substituents is 1. The highest BCUT2D eigenvalue weighted by molar-refractivity contribution is 14.1. The van der Waals surface area contributed by atoms with Crippen molar-refractivity contribution in [3.63, 3.8) is 0 Å². The lowest BCUT2D eigenvalue weighted by Crippen LogP contribution is -2.31. The Labute approximate surface area is 220 Å². The highest BCUT2D eigenvalue weighted by atomic mass is 127. The van der Waals surface area contributed by atoms with Crippen LogP contribution in [0.4, 0.5) is 5.69 Å². The Balaban J connectivity index is 1.72. The first-order chi connectivity index (χ1) is 17.2. The molecule has 2 aliphatic rings. The van der Waals surface area contributed by atoms with Crippen molar-refractivity contribution in [1.82, 2.24) is 0 Å². The molecule has 2 aromatic rings. The molecule has 0 unspecified atom stereocenters. The second-order valence-electron chi connectivity index (χ2n) is 8.16. The second-order valence-corrected chi connectivity index (χ2v) is 9.33. The van der Waals surface area contributed by atoms with Crippen molar-refractivity contribution >= 4 is 40.0 Å². The van der Waals surface area contributed by atoms with Crippen LogP contribution in [0.5, 0.6) is 11.5 Å². The molecule has 0 fully saturated rings. The predicted octanol–water partition coefficient (Wildman–Crippen LogP) is 4.25. The molecule has 188 valence electrons. The minimum Gasteiger partial charge on any atom is -0.493 e. The number of benzene rings is 2. The van der Waals surface area contributed by atoms with Gasteiger partial charge in [0, 0.05) is 30.5 Å². The van der Waals surface area contributed by atoms with Gasteiger partial charge in [0.25, 0.3) is 5.69 Å². The number of nitrogens with zero attached hydrogens (tertiary/aromatic N) is 1. The van der Waals surface area contributed by atoms with Gasteiger partial charge >= 0.3 is 5.97 Å². The quantitative estimate of drug-likeness (QED) is 0.212. The summed E-state index contributed by atoms with van der Waals surface area (Å²) >= 11 is 2.09. The number of nitrogens with two attached hydrogens (primary N) is 1. The fraction of sp³-hybridized carbons (Fsp3) is 0.280. The number of allylic oxidation sites excluding steroid dienone is 2. The second kappa shape index (κ2) is 10.6. The van der Waals surface area contributed by atoms with Crippen LogP contribution in [0.25, 0.3) is 0 Å². The fourth-order valence-corrected chi connectivity index (χ4v) is 5.10. The lowest BCUT2D eigenvalue weighted by Gasteiger charge is -2.32. The van der Waals surface area contributed by atoms with Crippen molar-refractivity contribution in [2.75, 3.05) is 14.2 Å². The number of Topliss-reactive ketones (excluding diaryl/α,β-unsaturated/α-hetero) is 1. The van der Waals surface area contributed by atoms with Gasteiger partial charge in [0.15, 0.2) is 17.3 Å². The van der Waals surface area contributed by atoms with E-state index in [0.29, 0.717) is 51.2 Å². The van der Waals surface area contributed by atoms with Crippen LogP contribution in [0.15, 0.2) is 59.2 Å². The van der Waals surface area contributed by atoms with Crippen molar-refractivity contribution in [2.45, 2.75) is 31.8 Å². The van der Waals surface area contributed by atoms with E-state index in [4.69, 9.17) is 24.7 Å². The molecule has 4 rings (SSSR count). The van der Waals surface area contributed by atoms with Gasteiger partial charge in [-0.3, -0.25) is 14.9 Å². The molecule has 10 nitrogen and oxygen atoms in total. The highest BCUT2D eigenvalue weighted by Crippen LogP contribution is 2.46. The first kappa shape index (κ1) is 25.5. The third kappa shape index (κ3) is 4.87. The van der Waals surface area contributed by atoms with Gasteiger partial charge in [-0.15, -0.1) is 0 Å². The molecular weight excluding hydrogens is 583 g/mol. The molecule has 0 saturated heterocycles. The number of halogens is 1. The number of nitro groups is 1. The zero-order chi connectivity index (χ0) is 26.0. The molecule has 0 spiro atoms. The van der Waals surface area contributed by atoms with E-state index < -0.39 is 16.8 Å². The van der Waals surface area contributed by atoms with Crippen molar-refractivity contribution < 1.29 is 33.5 Å². The Morgan fingerprint density at radius 2 is 1.94 bits per heavy atom. The van der Waals surface area contributed by atoms with Gasteiger partial charge in [-0.05, 0) is 64.4 Å². The topological polar surface area (TPSA) is 140 Å². The Bertz CT molecular complexity index is 1300. The Morgan fingerprint density at radius 1 is 1.22 bits per heavy atom. The van der Waals surface area contributed by atoms with Gasteiger partial charge in [0.1, 0.15) is 17.9 Å². The fourth-order valence-electron chi connectivity index (χ4n) is 4.31. The van der Waals surface area contributed by atoms with Gasteiger partial charge in [0.05, 0.1) is 28.6 Å². The monoisotopic (exact) mass is 606 g/mol. The van der Waals surface area contributed by atoms with Crippen LogP contribution in [-0.2, 0) is 25.7 Å². The minimum absolute atomic E-state index is 0.00797. The maximum absolute atomic E-state index is 13.0. The summed E-state index contributed by atoms with van der Waals surface area (Å²) in [5.41, 5.74) is 7.91. The number of esters is 1. The number of hydrogen-bond donors (Lipinski definition) is 1. The van der Waals surface area contributed by atoms with Gasteiger partial charge < -0.3 is 24.7 Å². The van der Waals surface area contributed by atoms with E-state index in [1.54, 1.807) is 24.3 Å². The summed E-state index contributed by atoms with van der Waals surface area (Å²) in [4.78, 5) is 36.1. The van der Waals surface area contributed by atoms with Gasteiger partial charge in [0.2, 0.25) is 5.88 Å². The molecule has 0 saturated carbocycles. The molecule has 1 aliphatic carbocycles. The zero-order valence-corrected chi connectivity index (χ0v) is 21.7. The average Bonchev–Trinajstić information content (AvgIpc) is 2.86. The molecule has 2 aromatic carbocycles. The Kier molecular flexibility index (Phi) is 7.48. The summed E-state index contributed by atoms with van der Waals surface area (Å²) < 4.78 is 22.9. The van der Waals surface area contributed by atoms with Crippen LogP contribution < -0.4 is 15.2 Å². The van der Waals surface area contributed by atoms with E-state index >= 15 is 0 Å². The smallest absolute Gasteiger partial charge is 0.340 e. The predicted molar refractivity (Wildman–Crippen MR) is 136 cm³/mol. The average molecular weight is 606 g/mol. The molecule has 1 atom stereocenters. The van der Waals surface area contributed by atoms with Crippen molar-refractivity contribution in [3.8, 4) is 11.5 Å². The minimum atomic E-state index is -0.778. The van der Waals surface area contributed by atoms with Crippen LogP contribution in [0.2, 0.25) is 0 Å². The largest absolute Gasteiger partial charge is 0.493 e. The molecular formula is C25H23IN2O8. The van der Waals surface area contributed by atoms with Crippen LogP contribution in [0.1, 0.15) is 36.3 Å². The standard InChI is InChI=1S/C25H23IN2O8/c1-33-19-11-14(10-16(26)23(19)35-12-13-6-8-15(9-7-13)28(31)32)20-21-17(29)4-3-5-18(21)36-24(27)22(20)25(30)34-2/h6-11,20H,3-5,12,27H2,1-2H3/t20-/m1/s1. The van der Waals surface area contributed by atoms with Crippen molar-refractivity contribution in [1.29, 1.82) is 0 Å². The van der Waals surface area contributed by atoms with E-state index in [0.717, 1.165) is 5.56 Å². The number of methoxy groups -OCH3 is 2. The van der Waals surface area contributed by atoms with Crippen molar-refractivity contribution in [3.05, 3.63) is 84.0 Å². The van der Waals surface area contributed by atoms with E-state index in [9.17, 15) is 19.7 Å². The number of ether oxygens (including phenoxy) is 4. The Morgan fingerprint density at radius 3 is 2.58 bits per heavy atom. The van der Waals surface area contributed by atoms with E-state index in [1.165, 1.54) is 26.4 Å². The molecule has 2 N–H and O–H groups in total.